The van der Waals surface area contributed by atoms with Crippen molar-refractivity contribution < 1.29 is 4.79 Å². The van der Waals surface area contributed by atoms with Gasteiger partial charge < -0.3 is 10.3 Å². The van der Waals surface area contributed by atoms with Gasteiger partial charge in [-0.2, -0.15) is 4.80 Å². The molecule has 0 atom stereocenters. The predicted molar refractivity (Wildman–Crippen MR) is 103 cm³/mol. The Morgan fingerprint density at radius 3 is 2.85 bits per heavy atom. The van der Waals surface area contributed by atoms with Crippen molar-refractivity contribution in [1.82, 2.24) is 30.5 Å². The third-order valence-corrected chi connectivity index (χ3v) is 4.57. The molecule has 1 amide bonds. The smallest absolute Gasteiger partial charge is 0.243 e. The molecule has 0 aliphatic carbocycles. The molecule has 27 heavy (non-hydrogen) atoms. The van der Waals surface area contributed by atoms with Crippen molar-refractivity contribution in [3.05, 3.63) is 65.3 Å². The molecule has 4 rings (SSSR count). The second-order valence-electron chi connectivity index (χ2n) is 6.08. The van der Waals surface area contributed by atoms with Gasteiger partial charge in [0.2, 0.25) is 11.7 Å². The Balaban J connectivity index is 1.33. The molecule has 0 radical (unpaired) electrons. The molecule has 2 aromatic carbocycles. The van der Waals surface area contributed by atoms with Crippen LogP contribution in [0.3, 0.4) is 0 Å². The number of hydrogen-bond acceptors (Lipinski definition) is 4. The average molecular weight is 381 g/mol. The van der Waals surface area contributed by atoms with Gasteiger partial charge in [-0.25, -0.2) is 0 Å². The Hall–Kier alpha value is -3.19. The van der Waals surface area contributed by atoms with Crippen LogP contribution in [0.5, 0.6) is 0 Å². The lowest BCUT2D eigenvalue weighted by Gasteiger charge is -2.04. The van der Waals surface area contributed by atoms with Crippen molar-refractivity contribution >= 4 is 28.4 Å². The van der Waals surface area contributed by atoms with Crippen molar-refractivity contribution in [3.63, 3.8) is 0 Å². The van der Waals surface area contributed by atoms with Crippen LogP contribution in [0, 0.1) is 0 Å². The summed E-state index contributed by atoms with van der Waals surface area (Å²) in [6.45, 7) is 0.540. The Bertz CT molecular complexity index is 1090. The quantitative estimate of drug-likeness (QED) is 0.538. The number of benzene rings is 2. The van der Waals surface area contributed by atoms with Gasteiger partial charge in [-0.05, 0) is 35.4 Å². The minimum absolute atomic E-state index is 0.00529. The van der Waals surface area contributed by atoms with E-state index >= 15 is 0 Å². The third-order valence-electron chi connectivity index (χ3n) is 4.24. The van der Waals surface area contributed by atoms with Crippen molar-refractivity contribution in [1.29, 1.82) is 0 Å². The molecule has 8 heteroatoms. The van der Waals surface area contributed by atoms with Gasteiger partial charge in [-0.15, -0.1) is 10.2 Å². The zero-order chi connectivity index (χ0) is 18.6. The van der Waals surface area contributed by atoms with Crippen LogP contribution in [-0.4, -0.2) is 37.6 Å². The largest absolute Gasteiger partial charge is 0.361 e. The molecule has 4 aromatic rings. The number of hydrogen-bond donors (Lipinski definition) is 2. The SMILES string of the molecule is O=C(Cn1nnc(-c2ccccc2Cl)n1)NCCc1c[nH]c2ccccc12. The number of amides is 1. The van der Waals surface area contributed by atoms with E-state index in [-0.39, 0.29) is 12.5 Å². The lowest BCUT2D eigenvalue weighted by molar-refractivity contribution is -0.122. The summed E-state index contributed by atoms with van der Waals surface area (Å²) in [6.07, 6.45) is 2.72. The summed E-state index contributed by atoms with van der Waals surface area (Å²) >= 11 is 6.13. The first-order valence-corrected chi connectivity index (χ1v) is 8.93. The highest BCUT2D eigenvalue weighted by Crippen LogP contribution is 2.23. The minimum Gasteiger partial charge on any atom is -0.361 e. The summed E-state index contributed by atoms with van der Waals surface area (Å²) in [5, 5.41) is 16.7. The number of aromatic nitrogens is 5. The lowest BCUT2D eigenvalue weighted by atomic mass is 10.1. The standard InChI is InChI=1S/C19H17ClN6O/c20-16-7-3-1-6-15(16)19-23-25-26(24-19)12-18(27)21-10-9-13-11-22-17-8-4-2-5-14(13)17/h1-8,11,22H,9-10,12H2,(H,21,27). The van der Waals surface area contributed by atoms with Crippen LogP contribution in [0.25, 0.3) is 22.3 Å². The van der Waals surface area contributed by atoms with Crippen LogP contribution in [0.4, 0.5) is 0 Å². The number of nitrogens with one attached hydrogen (secondary N) is 2. The van der Waals surface area contributed by atoms with Crippen LogP contribution >= 0.6 is 11.6 Å². The van der Waals surface area contributed by atoms with Crippen molar-refractivity contribution in [2.75, 3.05) is 6.54 Å². The number of carbonyl (C=O) groups excluding carboxylic acids is 1. The van der Waals surface area contributed by atoms with E-state index in [2.05, 4.69) is 31.8 Å². The second-order valence-corrected chi connectivity index (χ2v) is 6.49. The number of nitrogens with zero attached hydrogens (tertiary/aromatic N) is 4. The van der Waals surface area contributed by atoms with Gasteiger partial charge in [0.15, 0.2) is 0 Å². The van der Waals surface area contributed by atoms with Gasteiger partial charge in [0.25, 0.3) is 0 Å². The first kappa shape index (κ1) is 17.2. The Kier molecular flexibility index (Phi) is 4.84. The Morgan fingerprint density at radius 2 is 1.96 bits per heavy atom. The highest BCUT2D eigenvalue weighted by atomic mass is 35.5. The molecule has 2 N–H and O–H groups in total. The molecular formula is C19H17ClN6O. The van der Waals surface area contributed by atoms with E-state index in [1.807, 2.05) is 42.6 Å². The summed E-state index contributed by atoms with van der Waals surface area (Å²) in [5.74, 6) is 0.227. The fraction of sp³-hybridized carbons (Fsp3) is 0.158. The maximum atomic E-state index is 12.1. The zero-order valence-electron chi connectivity index (χ0n) is 14.4. The molecule has 0 unspecified atom stereocenters. The third kappa shape index (κ3) is 3.83. The maximum absolute atomic E-state index is 12.1. The maximum Gasteiger partial charge on any atom is 0.243 e. The fourth-order valence-electron chi connectivity index (χ4n) is 2.92. The van der Waals surface area contributed by atoms with E-state index in [0.29, 0.717) is 23.0 Å². The van der Waals surface area contributed by atoms with E-state index in [1.54, 1.807) is 6.07 Å². The van der Waals surface area contributed by atoms with Gasteiger partial charge in [0.05, 0.1) is 5.02 Å². The normalized spacial score (nSPS) is 11.0. The molecule has 0 aliphatic heterocycles. The lowest BCUT2D eigenvalue weighted by Crippen LogP contribution is -2.30. The summed E-state index contributed by atoms with van der Waals surface area (Å²) in [7, 11) is 0. The number of halogens is 1. The van der Waals surface area contributed by atoms with Crippen LogP contribution < -0.4 is 5.32 Å². The van der Waals surface area contributed by atoms with Crippen molar-refractivity contribution in [2.45, 2.75) is 13.0 Å². The van der Waals surface area contributed by atoms with Crippen LogP contribution in [0.2, 0.25) is 5.02 Å². The summed E-state index contributed by atoms with van der Waals surface area (Å²) in [6, 6.07) is 15.3. The number of para-hydroxylation sites is 1. The van der Waals surface area contributed by atoms with Gasteiger partial charge >= 0.3 is 0 Å². The Labute approximate surface area is 160 Å². The highest BCUT2D eigenvalue weighted by Gasteiger charge is 2.11. The van der Waals surface area contributed by atoms with Crippen molar-refractivity contribution in [2.24, 2.45) is 0 Å². The van der Waals surface area contributed by atoms with Gasteiger partial charge in [0, 0.05) is 29.2 Å². The van der Waals surface area contributed by atoms with Gasteiger partial charge in [-0.3, -0.25) is 4.79 Å². The van der Waals surface area contributed by atoms with Gasteiger partial charge in [-0.1, -0.05) is 41.9 Å². The number of carbonyl (C=O) groups is 1. The van der Waals surface area contributed by atoms with E-state index < -0.39 is 0 Å². The molecule has 0 spiro atoms. The molecule has 0 saturated carbocycles. The monoisotopic (exact) mass is 380 g/mol. The predicted octanol–water partition coefficient (Wildman–Crippen LogP) is 2.83. The van der Waals surface area contributed by atoms with Crippen molar-refractivity contribution in [3.8, 4) is 11.4 Å². The number of tetrazole rings is 1. The average Bonchev–Trinajstić information content (AvgIpc) is 3.30. The second kappa shape index (κ2) is 7.59. The summed E-state index contributed by atoms with van der Waals surface area (Å²) in [5.41, 5.74) is 2.95. The number of aromatic amines is 1. The molecular weight excluding hydrogens is 364 g/mol. The van der Waals surface area contributed by atoms with E-state index in [1.165, 1.54) is 15.7 Å². The molecule has 0 bridgehead atoms. The van der Waals surface area contributed by atoms with E-state index in [0.717, 1.165) is 11.9 Å². The molecule has 2 aromatic heterocycles. The van der Waals surface area contributed by atoms with Crippen LogP contribution in [0.1, 0.15) is 5.56 Å². The minimum atomic E-state index is -0.169. The number of fused-ring (bicyclic) bond motifs is 1. The first-order chi connectivity index (χ1) is 13.2. The number of rotatable bonds is 6. The van der Waals surface area contributed by atoms with Crippen LogP contribution in [0.15, 0.2) is 54.7 Å². The highest BCUT2D eigenvalue weighted by molar-refractivity contribution is 6.33. The molecule has 136 valence electrons. The van der Waals surface area contributed by atoms with E-state index in [4.69, 9.17) is 11.6 Å². The van der Waals surface area contributed by atoms with Crippen LogP contribution in [-0.2, 0) is 17.8 Å². The summed E-state index contributed by atoms with van der Waals surface area (Å²) in [4.78, 5) is 16.6. The van der Waals surface area contributed by atoms with Gasteiger partial charge in [0.1, 0.15) is 6.54 Å². The molecule has 2 heterocycles. The molecule has 0 saturated heterocycles. The first-order valence-electron chi connectivity index (χ1n) is 8.55. The molecule has 0 aliphatic rings. The zero-order valence-corrected chi connectivity index (χ0v) is 15.1. The fourth-order valence-corrected chi connectivity index (χ4v) is 3.14. The summed E-state index contributed by atoms with van der Waals surface area (Å²) < 4.78 is 0. The molecule has 7 nitrogen and oxygen atoms in total. The Morgan fingerprint density at radius 1 is 1.15 bits per heavy atom. The number of H-pyrrole nitrogens is 1. The molecule has 0 fully saturated rings. The van der Waals surface area contributed by atoms with E-state index in [9.17, 15) is 4.79 Å². The topological polar surface area (TPSA) is 88.5 Å².